The summed E-state index contributed by atoms with van der Waals surface area (Å²) in [5.41, 5.74) is 3.25. The van der Waals surface area contributed by atoms with Gasteiger partial charge in [-0.15, -0.1) is 0 Å². The van der Waals surface area contributed by atoms with Crippen LogP contribution in [0.15, 0.2) is 29.2 Å². The molecule has 0 aliphatic carbocycles. The van der Waals surface area contributed by atoms with Gasteiger partial charge in [-0.1, -0.05) is 53.7 Å². The number of methoxy groups -OCH3 is 2. The molecule has 1 fully saturated rings. The lowest BCUT2D eigenvalue weighted by Gasteiger charge is -2.37. The van der Waals surface area contributed by atoms with Crippen molar-refractivity contribution < 1.29 is 26.8 Å². The van der Waals surface area contributed by atoms with E-state index in [1.807, 2.05) is 45.9 Å². The van der Waals surface area contributed by atoms with Gasteiger partial charge in [-0.05, 0) is 47.4 Å². The van der Waals surface area contributed by atoms with Gasteiger partial charge in [0.25, 0.3) is 0 Å². The Morgan fingerprint density at radius 3 is 1.98 bits per heavy atom. The Bertz CT molecular complexity index is 1460. The molecule has 0 atom stereocenters. The second-order valence-corrected chi connectivity index (χ2v) is 13.0. The molecule has 1 aliphatic heterocycles. The van der Waals surface area contributed by atoms with Crippen molar-refractivity contribution in [2.24, 2.45) is 0 Å². The maximum atomic E-state index is 14.2. The number of aryl methyl sites for hydroxylation is 1. The van der Waals surface area contributed by atoms with Gasteiger partial charge in [0.2, 0.25) is 5.88 Å². The van der Waals surface area contributed by atoms with E-state index in [4.69, 9.17) is 18.4 Å². The molecule has 0 amide bonds. The summed E-state index contributed by atoms with van der Waals surface area (Å²) in [6.07, 6.45) is 1.26. The fourth-order valence-electron chi connectivity index (χ4n) is 5.44. The van der Waals surface area contributed by atoms with Crippen molar-refractivity contribution in [3.05, 3.63) is 52.3 Å². The number of hydrogen-bond donors (Lipinski definition) is 0. The van der Waals surface area contributed by atoms with E-state index >= 15 is 0 Å². The van der Waals surface area contributed by atoms with Crippen LogP contribution in [0.1, 0.15) is 100 Å². The number of hydrogen-bond acceptors (Lipinski definition) is 8. The molecule has 2 aromatic carbocycles. The number of rotatable bonds is 9. The van der Waals surface area contributed by atoms with Crippen LogP contribution in [-0.4, -0.2) is 45.8 Å². The number of ether oxygens (including phenoxy) is 3. The quantitative estimate of drug-likeness (QED) is 0.261. The first kappa shape index (κ1) is 30.2. The van der Waals surface area contributed by atoms with Gasteiger partial charge >= 0.3 is 10.1 Å². The predicted molar refractivity (Wildman–Crippen MR) is 156 cm³/mol. The van der Waals surface area contributed by atoms with Crippen LogP contribution in [0.25, 0.3) is 10.9 Å². The highest BCUT2D eigenvalue weighted by atomic mass is 32.2. The van der Waals surface area contributed by atoms with E-state index in [2.05, 4.69) is 23.8 Å². The Labute approximate surface area is 238 Å². The summed E-state index contributed by atoms with van der Waals surface area (Å²) in [6, 6.07) is 7.64. The van der Waals surface area contributed by atoms with E-state index in [9.17, 15) is 8.42 Å². The van der Waals surface area contributed by atoms with Gasteiger partial charge in [-0.2, -0.15) is 13.4 Å². The Morgan fingerprint density at radius 1 is 0.875 bits per heavy atom. The largest absolute Gasteiger partial charge is 0.496 e. The van der Waals surface area contributed by atoms with Crippen molar-refractivity contribution in [1.82, 2.24) is 9.97 Å². The highest BCUT2D eigenvalue weighted by Gasteiger charge is 2.38. The van der Waals surface area contributed by atoms with Crippen molar-refractivity contribution in [2.45, 2.75) is 89.6 Å². The summed E-state index contributed by atoms with van der Waals surface area (Å²) in [7, 11) is -0.989. The maximum Gasteiger partial charge on any atom is 0.341 e. The molecule has 0 radical (unpaired) electrons. The molecular formula is C31H42N2O6S. The molecule has 2 heterocycles. The van der Waals surface area contributed by atoms with E-state index in [1.165, 1.54) is 0 Å². The van der Waals surface area contributed by atoms with Crippen molar-refractivity contribution >= 4 is 21.0 Å². The first-order valence-corrected chi connectivity index (χ1v) is 15.4. The van der Waals surface area contributed by atoms with Crippen LogP contribution in [0.2, 0.25) is 0 Å². The van der Waals surface area contributed by atoms with Crippen LogP contribution in [0, 0.1) is 6.92 Å². The molecule has 9 heteroatoms. The fourth-order valence-corrected chi connectivity index (χ4v) is 7.02. The Hall–Kier alpha value is -2.75. The SMILES string of the molecule is COc1cc2nc(C)nc(OS(=O)(=O)c3c(C(C)C)cc(C(C)C)cc3C(C)C)c2cc1C1(OC)CCOCC1. The highest BCUT2D eigenvalue weighted by Crippen LogP contribution is 2.44. The summed E-state index contributed by atoms with van der Waals surface area (Å²) >= 11 is 0. The lowest BCUT2D eigenvalue weighted by atomic mass is 9.84. The van der Waals surface area contributed by atoms with Gasteiger partial charge in [0, 0.05) is 44.8 Å². The van der Waals surface area contributed by atoms with Crippen molar-refractivity contribution in [3.63, 3.8) is 0 Å². The van der Waals surface area contributed by atoms with E-state index in [-0.39, 0.29) is 28.5 Å². The van der Waals surface area contributed by atoms with Crippen molar-refractivity contribution in [1.29, 1.82) is 0 Å². The molecule has 0 N–H and O–H groups in total. The molecule has 40 heavy (non-hydrogen) atoms. The molecule has 3 aromatic rings. The molecule has 0 saturated carbocycles. The number of aromatic nitrogens is 2. The van der Waals surface area contributed by atoms with Gasteiger partial charge < -0.3 is 18.4 Å². The third kappa shape index (κ3) is 5.69. The maximum absolute atomic E-state index is 14.2. The summed E-state index contributed by atoms with van der Waals surface area (Å²) in [6.45, 7) is 15.0. The van der Waals surface area contributed by atoms with Gasteiger partial charge in [0.05, 0.1) is 18.0 Å². The average Bonchev–Trinajstić information content (AvgIpc) is 2.91. The first-order chi connectivity index (χ1) is 18.8. The van der Waals surface area contributed by atoms with E-state index in [0.29, 0.717) is 48.5 Å². The average molecular weight is 571 g/mol. The lowest BCUT2D eigenvalue weighted by Crippen LogP contribution is -2.36. The minimum Gasteiger partial charge on any atom is -0.496 e. The zero-order chi connectivity index (χ0) is 29.4. The smallest absolute Gasteiger partial charge is 0.341 e. The van der Waals surface area contributed by atoms with E-state index in [1.54, 1.807) is 27.2 Å². The Kier molecular flexibility index (Phi) is 8.78. The second-order valence-electron chi connectivity index (χ2n) is 11.5. The lowest BCUT2D eigenvalue weighted by molar-refractivity contribution is -0.0956. The summed E-state index contributed by atoms with van der Waals surface area (Å²) in [5.74, 6) is 1.19. The Balaban J connectivity index is 1.94. The zero-order valence-corrected chi connectivity index (χ0v) is 25.9. The van der Waals surface area contributed by atoms with Crippen LogP contribution in [0.4, 0.5) is 0 Å². The molecule has 8 nitrogen and oxygen atoms in total. The monoisotopic (exact) mass is 570 g/mol. The van der Waals surface area contributed by atoms with Gasteiger partial charge in [-0.3, -0.25) is 0 Å². The highest BCUT2D eigenvalue weighted by molar-refractivity contribution is 7.87. The van der Waals surface area contributed by atoms with Crippen LogP contribution >= 0.6 is 0 Å². The molecule has 218 valence electrons. The molecule has 0 unspecified atom stereocenters. The van der Waals surface area contributed by atoms with E-state index < -0.39 is 15.7 Å². The fraction of sp³-hybridized carbons (Fsp3) is 0.548. The van der Waals surface area contributed by atoms with Crippen LogP contribution < -0.4 is 8.92 Å². The number of nitrogens with zero attached hydrogens (tertiary/aromatic N) is 2. The minimum absolute atomic E-state index is 0.0120. The Morgan fingerprint density at radius 2 is 1.48 bits per heavy atom. The molecule has 4 rings (SSSR count). The topological polar surface area (TPSA) is 96.8 Å². The number of fused-ring (bicyclic) bond motifs is 1. The minimum atomic E-state index is -4.26. The third-order valence-corrected chi connectivity index (χ3v) is 9.14. The van der Waals surface area contributed by atoms with Crippen LogP contribution in [0.3, 0.4) is 0 Å². The summed E-state index contributed by atoms with van der Waals surface area (Å²) in [4.78, 5) is 9.27. The normalized spacial score (nSPS) is 15.8. The third-order valence-electron chi connectivity index (χ3n) is 7.79. The van der Waals surface area contributed by atoms with E-state index in [0.717, 1.165) is 22.3 Å². The zero-order valence-electron chi connectivity index (χ0n) is 25.1. The molecule has 1 aliphatic rings. The van der Waals surface area contributed by atoms with Crippen molar-refractivity contribution in [3.8, 4) is 11.6 Å². The first-order valence-electron chi connectivity index (χ1n) is 14.0. The summed E-state index contributed by atoms with van der Waals surface area (Å²) < 4.78 is 51.7. The molecule has 1 aromatic heterocycles. The molecular weight excluding hydrogens is 528 g/mol. The predicted octanol–water partition coefficient (Wildman–Crippen LogP) is 6.74. The van der Waals surface area contributed by atoms with Crippen LogP contribution in [-0.2, 0) is 25.2 Å². The van der Waals surface area contributed by atoms with Gasteiger partial charge in [-0.25, -0.2) is 4.98 Å². The van der Waals surface area contributed by atoms with Gasteiger partial charge in [0.1, 0.15) is 22.1 Å². The molecule has 0 spiro atoms. The summed E-state index contributed by atoms with van der Waals surface area (Å²) in [5, 5.41) is 0.476. The molecule has 0 bridgehead atoms. The molecule has 1 saturated heterocycles. The van der Waals surface area contributed by atoms with Gasteiger partial charge in [0.15, 0.2) is 0 Å². The van der Waals surface area contributed by atoms with Crippen molar-refractivity contribution in [2.75, 3.05) is 27.4 Å². The standard InChI is InChI=1S/C31H42N2O6S/c1-18(2)22-14-23(19(3)4)29(24(15-22)20(5)6)40(34,35)39-30-25-16-26(31(37-9)10-12-38-13-11-31)28(36-8)17-27(25)32-21(7)33-30/h14-20H,10-13H2,1-9H3. The second kappa shape index (κ2) is 11.6. The van der Waals surface area contributed by atoms with Crippen LogP contribution in [0.5, 0.6) is 11.6 Å². The number of benzene rings is 2.